The summed E-state index contributed by atoms with van der Waals surface area (Å²) < 4.78 is 56.2. The Morgan fingerprint density at radius 1 is 1.21 bits per heavy atom. The number of rotatable bonds is 7. The van der Waals surface area contributed by atoms with Crippen LogP contribution in [0.5, 0.6) is 0 Å². The smallest absolute Gasteiger partial charge is 0.240 e. The van der Waals surface area contributed by atoms with E-state index in [2.05, 4.69) is 9.88 Å². The summed E-state index contributed by atoms with van der Waals surface area (Å²) in [5.74, 6) is 0.543. The van der Waals surface area contributed by atoms with Gasteiger partial charge >= 0.3 is 0 Å². The van der Waals surface area contributed by atoms with Crippen LogP contribution in [0, 0.1) is 6.92 Å². The zero-order valence-electron chi connectivity index (χ0n) is 12.9. The standard InChI is InChI=1S/C13H16ClN3O5S2/c1-10-9-13(16-22-10)17(23(2,18)19)8-7-15-24(20,21)12-5-3-11(14)4-6-12/h3-6,9,15H,7-8H2,1-2H3. The van der Waals surface area contributed by atoms with Crippen molar-refractivity contribution in [1.29, 1.82) is 0 Å². The first kappa shape index (κ1) is 18.7. The highest BCUT2D eigenvalue weighted by Gasteiger charge is 2.22. The van der Waals surface area contributed by atoms with Crippen LogP contribution in [0.1, 0.15) is 5.76 Å². The maximum Gasteiger partial charge on any atom is 0.240 e. The lowest BCUT2D eigenvalue weighted by atomic mass is 10.4. The summed E-state index contributed by atoms with van der Waals surface area (Å²) in [4.78, 5) is 0.0371. The van der Waals surface area contributed by atoms with E-state index in [4.69, 9.17) is 16.1 Å². The molecule has 0 unspecified atom stereocenters. The quantitative estimate of drug-likeness (QED) is 0.761. The fraction of sp³-hybridized carbons (Fsp3) is 0.308. The second-order valence-electron chi connectivity index (χ2n) is 4.98. The molecular weight excluding hydrogens is 378 g/mol. The van der Waals surface area contributed by atoms with E-state index < -0.39 is 20.0 Å². The highest BCUT2D eigenvalue weighted by molar-refractivity contribution is 7.92. The highest BCUT2D eigenvalue weighted by Crippen LogP contribution is 2.17. The number of benzene rings is 1. The van der Waals surface area contributed by atoms with Gasteiger partial charge in [0.25, 0.3) is 0 Å². The number of hydrogen-bond donors (Lipinski definition) is 1. The lowest BCUT2D eigenvalue weighted by Crippen LogP contribution is -2.38. The molecule has 0 aliphatic carbocycles. The van der Waals surface area contributed by atoms with Crippen LogP contribution < -0.4 is 9.03 Å². The monoisotopic (exact) mass is 393 g/mol. The van der Waals surface area contributed by atoms with Crippen molar-refractivity contribution in [3.63, 3.8) is 0 Å². The van der Waals surface area contributed by atoms with E-state index in [0.29, 0.717) is 10.8 Å². The van der Waals surface area contributed by atoms with Crippen molar-refractivity contribution in [3.05, 3.63) is 41.1 Å². The van der Waals surface area contributed by atoms with Crippen molar-refractivity contribution in [1.82, 2.24) is 9.88 Å². The number of nitrogens with zero attached hydrogens (tertiary/aromatic N) is 2. The van der Waals surface area contributed by atoms with Gasteiger partial charge in [-0.3, -0.25) is 0 Å². The van der Waals surface area contributed by atoms with Gasteiger partial charge in [0.15, 0.2) is 5.82 Å². The largest absolute Gasteiger partial charge is 0.360 e. The number of sulfonamides is 2. The molecule has 0 fully saturated rings. The molecule has 1 aromatic carbocycles. The van der Waals surface area contributed by atoms with E-state index in [-0.39, 0.29) is 23.8 Å². The molecule has 1 heterocycles. The van der Waals surface area contributed by atoms with Gasteiger partial charge in [0, 0.05) is 24.2 Å². The third kappa shape index (κ3) is 4.69. The zero-order valence-corrected chi connectivity index (χ0v) is 15.3. The van der Waals surface area contributed by atoms with Crippen LogP contribution in [0.2, 0.25) is 5.02 Å². The van der Waals surface area contributed by atoms with Gasteiger partial charge in [-0.05, 0) is 31.2 Å². The van der Waals surface area contributed by atoms with Crippen LogP contribution in [-0.4, -0.2) is 41.3 Å². The van der Waals surface area contributed by atoms with Gasteiger partial charge in [-0.2, -0.15) is 0 Å². The van der Waals surface area contributed by atoms with Crippen molar-refractivity contribution in [2.75, 3.05) is 23.7 Å². The molecule has 24 heavy (non-hydrogen) atoms. The number of aryl methyl sites for hydroxylation is 1. The van der Waals surface area contributed by atoms with Crippen LogP contribution in [0.4, 0.5) is 5.82 Å². The van der Waals surface area contributed by atoms with Crippen LogP contribution in [0.25, 0.3) is 0 Å². The molecule has 1 aromatic heterocycles. The van der Waals surface area contributed by atoms with Crippen molar-refractivity contribution in [2.45, 2.75) is 11.8 Å². The number of nitrogens with one attached hydrogen (secondary N) is 1. The number of hydrogen-bond acceptors (Lipinski definition) is 6. The van der Waals surface area contributed by atoms with Crippen molar-refractivity contribution in [3.8, 4) is 0 Å². The van der Waals surface area contributed by atoms with Gasteiger partial charge in [0.05, 0.1) is 11.2 Å². The average Bonchev–Trinajstić information content (AvgIpc) is 2.89. The minimum Gasteiger partial charge on any atom is -0.360 e. The molecule has 11 heteroatoms. The molecule has 8 nitrogen and oxygen atoms in total. The Bertz CT molecular complexity index is 907. The number of halogens is 1. The number of anilines is 1. The second kappa shape index (κ2) is 7.09. The lowest BCUT2D eigenvalue weighted by molar-refractivity contribution is 0.398. The van der Waals surface area contributed by atoms with Crippen molar-refractivity contribution < 1.29 is 21.4 Å². The average molecular weight is 394 g/mol. The molecule has 0 aliphatic rings. The van der Waals surface area contributed by atoms with E-state index in [1.54, 1.807) is 6.92 Å². The van der Waals surface area contributed by atoms with E-state index in [9.17, 15) is 16.8 Å². The third-order valence-electron chi connectivity index (χ3n) is 3.00. The summed E-state index contributed by atoms with van der Waals surface area (Å²) in [6, 6.07) is 7.09. The maximum absolute atomic E-state index is 12.2. The van der Waals surface area contributed by atoms with Crippen LogP contribution in [0.15, 0.2) is 39.8 Å². The predicted molar refractivity (Wildman–Crippen MR) is 90.1 cm³/mol. The Hall–Kier alpha value is -1.62. The molecular formula is C13H16ClN3O5S2. The van der Waals surface area contributed by atoms with Gasteiger partial charge in [-0.15, -0.1) is 0 Å². The topological polar surface area (TPSA) is 110 Å². The molecule has 0 aliphatic heterocycles. The molecule has 2 aromatic rings. The maximum atomic E-state index is 12.2. The second-order valence-corrected chi connectivity index (χ2v) is 9.09. The first-order chi connectivity index (χ1) is 11.1. The molecule has 1 N–H and O–H groups in total. The van der Waals surface area contributed by atoms with E-state index in [1.165, 1.54) is 30.3 Å². The molecule has 0 atom stereocenters. The minimum atomic E-state index is -3.77. The van der Waals surface area contributed by atoms with E-state index >= 15 is 0 Å². The van der Waals surface area contributed by atoms with Gasteiger partial charge in [-0.25, -0.2) is 25.9 Å². The van der Waals surface area contributed by atoms with Gasteiger partial charge in [0.2, 0.25) is 20.0 Å². The van der Waals surface area contributed by atoms with Gasteiger partial charge in [0.1, 0.15) is 5.76 Å². The summed E-state index contributed by atoms with van der Waals surface area (Å²) in [5.41, 5.74) is 0. The Balaban J connectivity index is 2.09. The number of aromatic nitrogens is 1. The summed E-state index contributed by atoms with van der Waals surface area (Å²) in [6.45, 7) is 1.36. The van der Waals surface area contributed by atoms with Gasteiger partial charge in [-0.1, -0.05) is 16.8 Å². The van der Waals surface area contributed by atoms with Crippen LogP contribution in [0.3, 0.4) is 0 Å². The first-order valence-electron chi connectivity index (χ1n) is 6.76. The van der Waals surface area contributed by atoms with Crippen molar-refractivity contribution >= 4 is 37.5 Å². The van der Waals surface area contributed by atoms with E-state index in [0.717, 1.165) is 10.6 Å². The molecule has 0 bridgehead atoms. The Labute approximate surface area is 145 Å². The zero-order chi connectivity index (χ0) is 18.0. The molecule has 0 amide bonds. The summed E-state index contributed by atoms with van der Waals surface area (Å²) in [6.07, 6.45) is 1.00. The van der Waals surface area contributed by atoms with Crippen LogP contribution in [-0.2, 0) is 20.0 Å². The fourth-order valence-electron chi connectivity index (χ4n) is 1.90. The molecule has 132 valence electrons. The Morgan fingerprint density at radius 2 is 1.83 bits per heavy atom. The third-order valence-corrected chi connectivity index (χ3v) is 5.90. The molecule has 0 saturated carbocycles. The van der Waals surface area contributed by atoms with Crippen molar-refractivity contribution in [2.24, 2.45) is 0 Å². The van der Waals surface area contributed by atoms with Crippen LogP contribution >= 0.6 is 11.6 Å². The Kier molecular flexibility index (Phi) is 5.53. The molecule has 0 spiro atoms. The summed E-state index contributed by atoms with van der Waals surface area (Å²) in [7, 11) is -7.40. The molecule has 2 rings (SSSR count). The normalized spacial score (nSPS) is 12.3. The molecule has 0 radical (unpaired) electrons. The fourth-order valence-corrected chi connectivity index (χ4v) is 3.90. The summed E-state index contributed by atoms with van der Waals surface area (Å²) in [5, 5.41) is 4.06. The molecule has 0 saturated heterocycles. The Morgan fingerprint density at radius 3 is 2.33 bits per heavy atom. The van der Waals surface area contributed by atoms with Gasteiger partial charge < -0.3 is 4.52 Å². The summed E-state index contributed by atoms with van der Waals surface area (Å²) >= 11 is 5.72. The highest BCUT2D eigenvalue weighted by atomic mass is 35.5. The SMILES string of the molecule is Cc1cc(N(CCNS(=O)(=O)c2ccc(Cl)cc2)S(C)(=O)=O)no1. The predicted octanol–water partition coefficient (Wildman–Crippen LogP) is 1.38. The lowest BCUT2D eigenvalue weighted by Gasteiger charge is -2.19. The van der Waals surface area contributed by atoms with E-state index in [1.807, 2.05) is 0 Å². The minimum absolute atomic E-state index is 0.0371. The first-order valence-corrected chi connectivity index (χ1v) is 10.5.